The predicted molar refractivity (Wildman–Crippen MR) is 56.3 cm³/mol. The Hall–Kier alpha value is -1.32. The molecule has 1 fully saturated rings. The quantitative estimate of drug-likeness (QED) is 0.671. The molecular weight excluding hydrogens is 194 g/mol. The van der Waals surface area contributed by atoms with E-state index in [-0.39, 0.29) is 11.3 Å². The maximum absolute atomic E-state index is 11.2. The Labute approximate surface area is 89.4 Å². The van der Waals surface area contributed by atoms with Crippen molar-refractivity contribution in [1.82, 2.24) is 5.32 Å². The second kappa shape index (κ2) is 4.47. The molecule has 0 bridgehead atoms. The third kappa shape index (κ3) is 3.38. The summed E-state index contributed by atoms with van der Waals surface area (Å²) in [7, 11) is 0. The lowest BCUT2D eigenvalue weighted by Gasteiger charge is -2.19. The van der Waals surface area contributed by atoms with Crippen molar-refractivity contribution in [2.45, 2.75) is 26.7 Å². The molecule has 4 heteroatoms. The molecule has 84 valence electrons. The summed E-state index contributed by atoms with van der Waals surface area (Å²) < 4.78 is 0. The molecule has 0 spiro atoms. The lowest BCUT2D eigenvalue weighted by atomic mass is 9.92. The zero-order valence-corrected chi connectivity index (χ0v) is 9.12. The standard InChI is InChI=1S/C11H17NO3/c1-8(2)11(5-6-11)7-12-9(13)3-4-10(14)15/h3-4,8H,5-7H2,1-2H3,(H,12,13)(H,14,15)/b4-3+. The van der Waals surface area contributed by atoms with Gasteiger partial charge in [0.2, 0.25) is 5.91 Å². The molecule has 0 aromatic carbocycles. The molecule has 0 atom stereocenters. The fraction of sp³-hybridized carbons (Fsp3) is 0.636. The highest BCUT2D eigenvalue weighted by Crippen LogP contribution is 2.51. The zero-order chi connectivity index (χ0) is 11.5. The van der Waals surface area contributed by atoms with Crippen LogP contribution in [-0.4, -0.2) is 23.5 Å². The molecule has 2 N–H and O–H groups in total. The van der Waals surface area contributed by atoms with E-state index in [9.17, 15) is 9.59 Å². The Morgan fingerprint density at radius 2 is 2.00 bits per heavy atom. The molecule has 0 radical (unpaired) electrons. The number of nitrogens with one attached hydrogen (secondary N) is 1. The van der Waals surface area contributed by atoms with Gasteiger partial charge in [-0.05, 0) is 24.2 Å². The highest BCUT2D eigenvalue weighted by atomic mass is 16.4. The minimum absolute atomic E-state index is 0.257. The molecule has 0 aliphatic heterocycles. The summed E-state index contributed by atoms with van der Waals surface area (Å²) in [5.41, 5.74) is 0.257. The summed E-state index contributed by atoms with van der Waals surface area (Å²) in [6, 6.07) is 0. The molecule has 1 saturated carbocycles. The molecular formula is C11H17NO3. The van der Waals surface area contributed by atoms with Gasteiger partial charge in [-0.15, -0.1) is 0 Å². The van der Waals surface area contributed by atoms with Crippen molar-refractivity contribution in [3.05, 3.63) is 12.2 Å². The smallest absolute Gasteiger partial charge is 0.328 e. The zero-order valence-electron chi connectivity index (χ0n) is 9.12. The van der Waals surface area contributed by atoms with E-state index in [2.05, 4.69) is 19.2 Å². The number of carboxylic acid groups (broad SMARTS) is 1. The van der Waals surface area contributed by atoms with Crippen molar-refractivity contribution in [3.8, 4) is 0 Å². The van der Waals surface area contributed by atoms with Crippen molar-refractivity contribution < 1.29 is 14.7 Å². The Kier molecular flexibility index (Phi) is 3.50. The molecule has 1 aliphatic carbocycles. The fourth-order valence-corrected chi connectivity index (χ4v) is 1.59. The van der Waals surface area contributed by atoms with Crippen LogP contribution in [0.15, 0.2) is 12.2 Å². The minimum Gasteiger partial charge on any atom is -0.478 e. The van der Waals surface area contributed by atoms with Gasteiger partial charge in [0.15, 0.2) is 0 Å². The summed E-state index contributed by atoms with van der Waals surface area (Å²) in [5.74, 6) is -0.874. The van der Waals surface area contributed by atoms with Gasteiger partial charge in [-0.1, -0.05) is 13.8 Å². The van der Waals surface area contributed by atoms with Crippen molar-refractivity contribution >= 4 is 11.9 Å². The molecule has 1 aliphatic rings. The van der Waals surface area contributed by atoms with Gasteiger partial charge >= 0.3 is 5.97 Å². The van der Waals surface area contributed by atoms with Crippen molar-refractivity contribution in [1.29, 1.82) is 0 Å². The van der Waals surface area contributed by atoms with Crippen LogP contribution in [-0.2, 0) is 9.59 Å². The normalized spacial score (nSPS) is 18.1. The van der Waals surface area contributed by atoms with E-state index in [1.54, 1.807) is 0 Å². The van der Waals surface area contributed by atoms with E-state index < -0.39 is 5.97 Å². The largest absolute Gasteiger partial charge is 0.478 e. The lowest BCUT2D eigenvalue weighted by molar-refractivity contribution is -0.131. The Morgan fingerprint density at radius 1 is 1.40 bits per heavy atom. The first-order valence-corrected chi connectivity index (χ1v) is 5.15. The number of carboxylic acids is 1. The van der Waals surface area contributed by atoms with E-state index in [0.717, 1.165) is 25.0 Å². The van der Waals surface area contributed by atoms with Gasteiger partial charge in [-0.3, -0.25) is 4.79 Å². The number of hydrogen-bond donors (Lipinski definition) is 2. The SMILES string of the molecule is CC(C)C1(CNC(=O)/C=C/C(=O)O)CC1. The van der Waals surface area contributed by atoms with Crippen LogP contribution < -0.4 is 5.32 Å². The number of carbonyl (C=O) groups excluding carboxylic acids is 1. The second-order valence-electron chi connectivity index (χ2n) is 4.41. The van der Waals surface area contributed by atoms with Crippen LogP contribution in [0.1, 0.15) is 26.7 Å². The van der Waals surface area contributed by atoms with Crippen LogP contribution in [0.5, 0.6) is 0 Å². The summed E-state index contributed by atoms with van der Waals surface area (Å²) in [6.45, 7) is 4.94. The highest BCUT2D eigenvalue weighted by molar-refractivity contribution is 5.93. The third-order valence-corrected chi connectivity index (χ3v) is 3.11. The van der Waals surface area contributed by atoms with Crippen molar-refractivity contribution in [2.24, 2.45) is 11.3 Å². The monoisotopic (exact) mass is 211 g/mol. The summed E-state index contributed by atoms with van der Waals surface area (Å²) >= 11 is 0. The molecule has 15 heavy (non-hydrogen) atoms. The molecule has 4 nitrogen and oxygen atoms in total. The van der Waals surface area contributed by atoms with Gasteiger partial charge in [-0.2, -0.15) is 0 Å². The Balaban J connectivity index is 2.32. The number of amides is 1. The first-order chi connectivity index (χ1) is 6.96. The van der Waals surface area contributed by atoms with Gasteiger partial charge in [0, 0.05) is 18.7 Å². The molecule has 0 aromatic rings. The summed E-state index contributed by atoms with van der Waals surface area (Å²) in [4.78, 5) is 21.3. The fourth-order valence-electron chi connectivity index (χ4n) is 1.59. The molecule has 0 aromatic heterocycles. The van der Waals surface area contributed by atoms with Gasteiger partial charge in [0.25, 0.3) is 0 Å². The van der Waals surface area contributed by atoms with E-state index in [1.165, 1.54) is 0 Å². The van der Waals surface area contributed by atoms with Crippen LogP contribution in [0, 0.1) is 11.3 Å². The van der Waals surface area contributed by atoms with E-state index in [4.69, 9.17) is 5.11 Å². The Bertz CT molecular complexity index is 290. The van der Waals surface area contributed by atoms with Gasteiger partial charge in [-0.25, -0.2) is 4.79 Å². The number of rotatable bonds is 5. The minimum atomic E-state index is -1.10. The summed E-state index contributed by atoms with van der Waals surface area (Å²) in [6.07, 6.45) is 4.20. The Morgan fingerprint density at radius 3 is 2.40 bits per heavy atom. The average molecular weight is 211 g/mol. The second-order valence-corrected chi connectivity index (χ2v) is 4.41. The third-order valence-electron chi connectivity index (χ3n) is 3.11. The first kappa shape index (κ1) is 11.8. The van der Waals surface area contributed by atoms with E-state index in [1.807, 2.05) is 0 Å². The molecule has 0 unspecified atom stereocenters. The van der Waals surface area contributed by atoms with Crippen LogP contribution >= 0.6 is 0 Å². The number of hydrogen-bond acceptors (Lipinski definition) is 2. The van der Waals surface area contributed by atoms with Crippen molar-refractivity contribution in [3.63, 3.8) is 0 Å². The highest BCUT2D eigenvalue weighted by Gasteiger charge is 2.45. The first-order valence-electron chi connectivity index (χ1n) is 5.15. The summed E-state index contributed by atoms with van der Waals surface area (Å²) in [5, 5.41) is 11.1. The van der Waals surface area contributed by atoms with Gasteiger partial charge in [0.1, 0.15) is 0 Å². The van der Waals surface area contributed by atoms with Crippen molar-refractivity contribution in [2.75, 3.05) is 6.54 Å². The lowest BCUT2D eigenvalue weighted by Crippen LogP contribution is -2.31. The topological polar surface area (TPSA) is 66.4 Å². The number of carbonyl (C=O) groups is 2. The van der Waals surface area contributed by atoms with Gasteiger partial charge in [0.05, 0.1) is 0 Å². The van der Waals surface area contributed by atoms with Crippen LogP contribution in [0.3, 0.4) is 0 Å². The van der Waals surface area contributed by atoms with E-state index >= 15 is 0 Å². The van der Waals surface area contributed by atoms with Crippen LogP contribution in [0.25, 0.3) is 0 Å². The number of aliphatic carboxylic acids is 1. The molecule has 0 heterocycles. The molecule has 0 saturated heterocycles. The molecule has 1 rings (SSSR count). The van der Waals surface area contributed by atoms with Gasteiger partial charge < -0.3 is 10.4 Å². The van der Waals surface area contributed by atoms with Crippen LogP contribution in [0.4, 0.5) is 0 Å². The average Bonchev–Trinajstić information content (AvgIpc) is 2.92. The molecule has 1 amide bonds. The van der Waals surface area contributed by atoms with E-state index in [0.29, 0.717) is 12.5 Å². The van der Waals surface area contributed by atoms with Crippen LogP contribution in [0.2, 0.25) is 0 Å². The predicted octanol–water partition coefficient (Wildman–Crippen LogP) is 1.18. The maximum atomic E-state index is 11.2. The maximum Gasteiger partial charge on any atom is 0.328 e.